The number of esters is 1. The number of nitrogens with zero attached hydrogens (tertiary/aromatic N) is 2. The molecule has 4 rings (SSSR count). The van der Waals surface area contributed by atoms with Gasteiger partial charge in [-0.05, 0) is 55.1 Å². The maximum absolute atomic E-state index is 12.6. The molecule has 1 amide bonds. The summed E-state index contributed by atoms with van der Waals surface area (Å²) < 4.78 is 32.7. The number of fused-ring (bicyclic) bond motifs is 3. The molecular formula is C21H27N3O5S2. The molecule has 31 heavy (non-hydrogen) atoms. The Morgan fingerprint density at radius 1 is 1.29 bits per heavy atom. The second-order valence-electron chi connectivity index (χ2n) is 8.53. The van der Waals surface area contributed by atoms with Crippen molar-refractivity contribution < 1.29 is 22.7 Å². The largest absolute Gasteiger partial charge is 0.449 e. The number of amides is 1. The first-order valence-electron chi connectivity index (χ1n) is 10.6. The molecule has 0 bridgehead atoms. The number of hydrogen-bond donors (Lipinski definition) is 1. The van der Waals surface area contributed by atoms with E-state index in [0.717, 1.165) is 23.4 Å². The Morgan fingerprint density at radius 2 is 2.06 bits per heavy atom. The molecule has 0 radical (unpaired) electrons. The highest BCUT2D eigenvalue weighted by molar-refractivity contribution is 8.15. The van der Waals surface area contributed by atoms with Crippen molar-refractivity contribution in [3.63, 3.8) is 0 Å². The van der Waals surface area contributed by atoms with Crippen LogP contribution in [0.2, 0.25) is 0 Å². The van der Waals surface area contributed by atoms with E-state index in [1.54, 1.807) is 25.1 Å². The molecule has 0 spiro atoms. The van der Waals surface area contributed by atoms with Crippen LogP contribution < -0.4 is 10.2 Å². The minimum absolute atomic E-state index is 0.0364. The SMILES string of the molecule is C[C@@H]1[C@@H](C)CCC[C@H]1NC(=O)[C@H](C)OC(=O)c1ccc2c(c1)SC1=NS(=O)(=O)CCN12. The van der Waals surface area contributed by atoms with Crippen LogP contribution in [-0.2, 0) is 19.6 Å². The second kappa shape index (κ2) is 8.46. The van der Waals surface area contributed by atoms with Crippen molar-refractivity contribution in [3.05, 3.63) is 23.8 Å². The summed E-state index contributed by atoms with van der Waals surface area (Å²) in [4.78, 5) is 27.8. The summed E-state index contributed by atoms with van der Waals surface area (Å²) in [6.07, 6.45) is 2.29. The Kier molecular flexibility index (Phi) is 6.04. The van der Waals surface area contributed by atoms with Crippen LogP contribution in [-0.4, -0.2) is 49.9 Å². The first-order valence-corrected chi connectivity index (χ1v) is 13.0. The summed E-state index contributed by atoms with van der Waals surface area (Å²) in [6.45, 7) is 6.26. The number of benzene rings is 1. The summed E-state index contributed by atoms with van der Waals surface area (Å²) in [5.74, 6) is 0.0344. The van der Waals surface area contributed by atoms with Gasteiger partial charge in [0, 0.05) is 17.5 Å². The zero-order valence-electron chi connectivity index (χ0n) is 17.8. The molecule has 0 saturated heterocycles. The van der Waals surface area contributed by atoms with E-state index in [4.69, 9.17) is 4.74 Å². The minimum atomic E-state index is -3.44. The number of ether oxygens (including phenoxy) is 1. The van der Waals surface area contributed by atoms with Gasteiger partial charge in [-0.25, -0.2) is 13.2 Å². The lowest BCUT2D eigenvalue weighted by Gasteiger charge is -2.35. The van der Waals surface area contributed by atoms with Crippen molar-refractivity contribution >= 4 is 44.5 Å². The molecule has 0 aromatic heterocycles. The van der Waals surface area contributed by atoms with Crippen molar-refractivity contribution in [2.45, 2.75) is 57.1 Å². The number of sulfonamides is 1. The lowest BCUT2D eigenvalue weighted by Crippen LogP contribution is -2.47. The maximum atomic E-state index is 12.6. The third kappa shape index (κ3) is 4.59. The van der Waals surface area contributed by atoms with E-state index in [0.29, 0.717) is 29.1 Å². The molecule has 8 nitrogen and oxygen atoms in total. The van der Waals surface area contributed by atoms with E-state index in [9.17, 15) is 18.0 Å². The lowest BCUT2D eigenvalue weighted by molar-refractivity contribution is -0.130. The van der Waals surface area contributed by atoms with Crippen LogP contribution in [0.5, 0.6) is 0 Å². The predicted molar refractivity (Wildman–Crippen MR) is 120 cm³/mol. The smallest absolute Gasteiger partial charge is 0.338 e. The van der Waals surface area contributed by atoms with Gasteiger partial charge in [0.25, 0.3) is 15.9 Å². The third-order valence-electron chi connectivity index (χ3n) is 6.40. The molecule has 1 aromatic rings. The third-order valence-corrected chi connectivity index (χ3v) is 8.70. The molecule has 0 unspecified atom stereocenters. The molecule has 2 heterocycles. The Balaban J connectivity index is 1.40. The highest BCUT2D eigenvalue weighted by atomic mass is 32.2. The molecular weight excluding hydrogens is 438 g/mol. The van der Waals surface area contributed by atoms with Crippen molar-refractivity contribution in [2.24, 2.45) is 16.2 Å². The van der Waals surface area contributed by atoms with Gasteiger partial charge in [0.05, 0.1) is 17.0 Å². The summed E-state index contributed by atoms with van der Waals surface area (Å²) >= 11 is 1.21. The summed E-state index contributed by atoms with van der Waals surface area (Å²) in [5.41, 5.74) is 1.13. The molecule has 168 valence electrons. The van der Waals surface area contributed by atoms with Crippen LogP contribution in [0.4, 0.5) is 5.69 Å². The van der Waals surface area contributed by atoms with E-state index in [2.05, 4.69) is 23.6 Å². The molecule has 1 aliphatic carbocycles. The molecule has 1 aromatic carbocycles. The fourth-order valence-corrected chi connectivity index (χ4v) is 6.52. The summed E-state index contributed by atoms with van der Waals surface area (Å²) in [7, 11) is -3.44. The maximum Gasteiger partial charge on any atom is 0.338 e. The predicted octanol–water partition coefficient (Wildman–Crippen LogP) is 2.78. The minimum Gasteiger partial charge on any atom is -0.449 e. The van der Waals surface area contributed by atoms with Crippen LogP contribution in [0, 0.1) is 11.8 Å². The Hall–Kier alpha value is -2.07. The molecule has 1 fully saturated rings. The number of amidine groups is 1. The van der Waals surface area contributed by atoms with Gasteiger partial charge in [0.2, 0.25) is 0 Å². The van der Waals surface area contributed by atoms with Crippen LogP contribution in [0.1, 0.15) is 50.4 Å². The van der Waals surface area contributed by atoms with Crippen molar-refractivity contribution in [2.75, 3.05) is 17.2 Å². The fourth-order valence-electron chi connectivity index (χ4n) is 4.23. The number of carbonyl (C=O) groups is 2. The Bertz CT molecular complexity index is 1040. The van der Waals surface area contributed by atoms with Crippen LogP contribution in [0.25, 0.3) is 0 Å². The number of hydrogen-bond acceptors (Lipinski definition) is 7. The first-order chi connectivity index (χ1) is 14.6. The standard InChI is InChI=1S/C21H27N3O5S2/c1-12-5-4-6-16(13(12)2)22-19(25)14(3)29-20(26)15-7-8-17-18(11-15)30-21-23-31(27,28)10-9-24(17)21/h7-8,11-14,16H,4-6,9-10H2,1-3H3,(H,22,25)/t12-,13+,14-,16+/m0/s1. The van der Waals surface area contributed by atoms with Gasteiger partial charge >= 0.3 is 5.97 Å². The van der Waals surface area contributed by atoms with Crippen LogP contribution in [0.3, 0.4) is 0 Å². The number of thioether (sulfide) groups is 1. The molecule has 1 N–H and O–H groups in total. The van der Waals surface area contributed by atoms with Gasteiger partial charge in [0.15, 0.2) is 11.3 Å². The highest BCUT2D eigenvalue weighted by Crippen LogP contribution is 2.42. The molecule has 2 aliphatic heterocycles. The monoisotopic (exact) mass is 465 g/mol. The first kappa shape index (κ1) is 22.1. The van der Waals surface area contributed by atoms with E-state index in [-0.39, 0.29) is 17.7 Å². The summed E-state index contributed by atoms with van der Waals surface area (Å²) in [6, 6.07) is 5.15. The summed E-state index contributed by atoms with van der Waals surface area (Å²) in [5, 5.41) is 3.44. The average molecular weight is 466 g/mol. The van der Waals surface area contributed by atoms with Crippen molar-refractivity contribution in [3.8, 4) is 0 Å². The Morgan fingerprint density at radius 3 is 2.84 bits per heavy atom. The van der Waals surface area contributed by atoms with Gasteiger partial charge in [-0.1, -0.05) is 26.7 Å². The average Bonchev–Trinajstić information content (AvgIpc) is 3.06. The number of nitrogens with one attached hydrogen (secondary N) is 1. The van der Waals surface area contributed by atoms with Crippen LogP contribution >= 0.6 is 11.8 Å². The quantitative estimate of drug-likeness (QED) is 0.682. The van der Waals surface area contributed by atoms with Crippen molar-refractivity contribution in [1.29, 1.82) is 0 Å². The van der Waals surface area contributed by atoms with Gasteiger partial charge < -0.3 is 15.0 Å². The van der Waals surface area contributed by atoms with Crippen molar-refractivity contribution in [1.82, 2.24) is 5.32 Å². The normalized spacial score (nSPS) is 27.5. The van der Waals surface area contributed by atoms with Gasteiger partial charge in [-0.3, -0.25) is 4.79 Å². The fraction of sp³-hybridized carbons (Fsp3) is 0.571. The Labute approximate surface area is 186 Å². The van der Waals surface area contributed by atoms with E-state index in [1.807, 2.05) is 4.90 Å². The lowest BCUT2D eigenvalue weighted by atomic mass is 9.78. The van der Waals surface area contributed by atoms with Gasteiger partial charge in [-0.2, -0.15) is 0 Å². The van der Waals surface area contributed by atoms with E-state index in [1.165, 1.54) is 18.2 Å². The van der Waals surface area contributed by atoms with E-state index < -0.39 is 22.1 Å². The zero-order chi connectivity index (χ0) is 22.3. The molecule has 4 atom stereocenters. The van der Waals surface area contributed by atoms with Gasteiger partial charge in [0.1, 0.15) is 0 Å². The molecule has 1 saturated carbocycles. The van der Waals surface area contributed by atoms with Gasteiger partial charge in [-0.15, -0.1) is 4.40 Å². The molecule has 3 aliphatic rings. The zero-order valence-corrected chi connectivity index (χ0v) is 19.5. The topological polar surface area (TPSA) is 105 Å². The number of rotatable bonds is 4. The molecule has 10 heteroatoms. The number of carbonyl (C=O) groups excluding carboxylic acids is 2. The number of anilines is 1. The van der Waals surface area contributed by atoms with E-state index >= 15 is 0 Å². The highest BCUT2D eigenvalue weighted by Gasteiger charge is 2.34. The van der Waals surface area contributed by atoms with Crippen LogP contribution in [0.15, 0.2) is 27.5 Å². The second-order valence-corrected chi connectivity index (χ2v) is 11.3.